The number of carbonyl (C=O) groups is 1. The average molecular weight is 311 g/mol. The van der Waals surface area contributed by atoms with E-state index in [9.17, 15) is 4.79 Å². The molecule has 1 aliphatic rings. The minimum Gasteiger partial charge on any atom is -0.465 e. The smallest absolute Gasteiger partial charge is 0.326 e. The number of halogens is 1. The summed E-state index contributed by atoms with van der Waals surface area (Å²) in [5, 5.41) is 4.03. The highest BCUT2D eigenvalue weighted by molar-refractivity contribution is 6.30. The quantitative estimate of drug-likeness (QED) is 0.846. The lowest BCUT2D eigenvalue weighted by molar-refractivity contribution is -0.157. The Labute approximate surface area is 131 Å². The summed E-state index contributed by atoms with van der Waals surface area (Å²) in [4.78, 5) is 14.7. The number of rotatable bonds is 5. The van der Waals surface area contributed by atoms with Gasteiger partial charge in [0.05, 0.1) is 6.61 Å². The number of benzene rings is 1. The maximum atomic E-state index is 12.5. The van der Waals surface area contributed by atoms with Crippen LogP contribution in [-0.4, -0.2) is 49.2 Å². The number of nitrogens with zero attached hydrogens (tertiary/aromatic N) is 1. The van der Waals surface area contributed by atoms with Crippen LogP contribution in [0.25, 0.3) is 0 Å². The van der Waals surface area contributed by atoms with Crippen LogP contribution in [0.4, 0.5) is 0 Å². The van der Waals surface area contributed by atoms with Crippen LogP contribution in [0.15, 0.2) is 24.3 Å². The molecule has 0 saturated carbocycles. The SMILES string of the molecule is CCOC(=O)C(C)(Cc1ccc(Cl)cc1)N1CCNCC1. The number of piperazine rings is 1. The Balaban J connectivity index is 2.21. The Kier molecular flexibility index (Phi) is 5.62. The summed E-state index contributed by atoms with van der Waals surface area (Å²) in [6, 6.07) is 7.67. The van der Waals surface area contributed by atoms with Crippen LogP contribution in [0.3, 0.4) is 0 Å². The topological polar surface area (TPSA) is 41.6 Å². The van der Waals surface area contributed by atoms with E-state index in [0.29, 0.717) is 18.1 Å². The average Bonchev–Trinajstić information content (AvgIpc) is 2.50. The third-order valence-corrected chi connectivity index (χ3v) is 4.24. The van der Waals surface area contributed by atoms with Crippen molar-refractivity contribution in [2.45, 2.75) is 25.8 Å². The lowest BCUT2D eigenvalue weighted by Crippen LogP contribution is -2.60. The molecular weight excluding hydrogens is 288 g/mol. The molecule has 1 aromatic carbocycles. The first-order chi connectivity index (χ1) is 10.1. The predicted molar refractivity (Wildman–Crippen MR) is 84.6 cm³/mol. The van der Waals surface area contributed by atoms with Gasteiger partial charge in [0.25, 0.3) is 0 Å². The Morgan fingerprint density at radius 2 is 1.95 bits per heavy atom. The number of carbonyl (C=O) groups excluding carboxylic acids is 1. The molecule has 1 fully saturated rings. The van der Waals surface area contributed by atoms with Crippen molar-refractivity contribution < 1.29 is 9.53 Å². The molecule has 1 saturated heterocycles. The maximum absolute atomic E-state index is 12.5. The minimum atomic E-state index is -0.633. The number of nitrogens with one attached hydrogen (secondary N) is 1. The van der Waals surface area contributed by atoms with Gasteiger partial charge in [-0.25, -0.2) is 0 Å². The standard InChI is InChI=1S/C16H23ClN2O2/c1-3-21-15(20)16(2,19-10-8-18-9-11-19)12-13-4-6-14(17)7-5-13/h4-7,18H,3,8-12H2,1-2H3. The molecule has 5 heteroatoms. The van der Waals surface area contributed by atoms with Crippen LogP contribution >= 0.6 is 11.6 Å². The van der Waals surface area contributed by atoms with Gasteiger partial charge in [0.2, 0.25) is 0 Å². The molecule has 0 aliphatic carbocycles. The summed E-state index contributed by atoms with van der Waals surface area (Å²) in [6.45, 7) is 7.72. The highest BCUT2D eigenvalue weighted by Gasteiger charge is 2.41. The molecule has 1 N–H and O–H groups in total. The number of hydrogen-bond donors (Lipinski definition) is 1. The van der Waals surface area contributed by atoms with E-state index in [2.05, 4.69) is 10.2 Å². The second kappa shape index (κ2) is 7.25. The zero-order valence-corrected chi connectivity index (χ0v) is 13.4. The normalized spacial score (nSPS) is 19.0. The first-order valence-corrected chi connectivity index (χ1v) is 7.81. The fourth-order valence-electron chi connectivity index (χ4n) is 2.76. The Morgan fingerprint density at radius 3 is 2.52 bits per heavy atom. The van der Waals surface area contributed by atoms with Crippen LogP contribution in [0.2, 0.25) is 5.02 Å². The fourth-order valence-corrected chi connectivity index (χ4v) is 2.88. The Bertz CT molecular complexity index is 472. The van der Waals surface area contributed by atoms with E-state index in [1.807, 2.05) is 38.1 Å². The molecule has 0 aromatic heterocycles. The first kappa shape index (κ1) is 16.3. The van der Waals surface area contributed by atoms with Crippen molar-refractivity contribution in [1.82, 2.24) is 10.2 Å². The number of esters is 1. The van der Waals surface area contributed by atoms with Crippen molar-refractivity contribution in [3.05, 3.63) is 34.9 Å². The van der Waals surface area contributed by atoms with E-state index < -0.39 is 5.54 Å². The molecule has 4 nitrogen and oxygen atoms in total. The molecule has 116 valence electrons. The van der Waals surface area contributed by atoms with Crippen LogP contribution in [0.5, 0.6) is 0 Å². The van der Waals surface area contributed by atoms with Crippen LogP contribution in [0.1, 0.15) is 19.4 Å². The van der Waals surface area contributed by atoms with Crippen molar-refractivity contribution >= 4 is 17.6 Å². The summed E-state index contributed by atoms with van der Waals surface area (Å²) in [7, 11) is 0. The van der Waals surface area contributed by atoms with Gasteiger partial charge >= 0.3 is 5.97 Å². The van der Waals surface area contributed by atoms with Crippen molar-refractivity contribution in [3.8, 4) is 0 Å². The Morgan fingerprint density at radius 1 is 1.33 bits per heavy atom. The van der Waals surface area contributed by atoms with E-state index in [4.69, 9.17) is 16.3 Å². The van der Waals surface area contributed by atoms with E-state index in [1.165, 1.54) is 0 Å². The molecule has 0 spiro atoms. The van der Waals surface area contributed by atoms with Gasteiger partial charge in [0, 0.05) is 37.6 Å². The van der Waals surface area contributed by atoms with E-state index in [1.54, 1.807) is 0 Å². The van der Waals surface area contributed by atoms with Gasteiger partial charge in [-0.05, 0) is 31.5 Å². The molecule has 0 amide bonds. The zero-order chi connectivity index (χ0) is 15.3. The van der Waals surface area contributed by atoms with E-state index in [0.717, 1.165) is 31.7 Å². The van der Waals surface area contributed by atoms with Gasteiger partial charge in [-0.15, -0.1) is 0 Å². The monoisotopic (exact) mass is 310 g/mol. The molecule has 21 heavy (non-hydrogen) atoms. The van der Waals surface area contributed by atoms with E-state index in [-0.39, 0.29) is 5.97 Å². The summed E-state index contributed by atoms with van der Waals surface area (Å²) in [5.74, 6) is -0.151. The molecule has 0 bridgehead atoms. The lowest BCUT2D eigenvalue weighted by atomic mass is 9.90. The van der Waals surface area contributed by atoms with Gasteiger partial charge < -0.3 is 10.1 Å². The van der Waals surface area contributed by atoms with Crippen LogP contribution < -0.4 is 5.32 Å². The maximum Gasteiger partial charge on any atom is 0.326 e. The molecule has 2 rings (SSSR count). The second-order valence-electron chi connectivity index (χ2n) is 5.53. The molecule has 1 unspecified atom stereocenters. The second-order valence-corrected chi connectivity index (χ2v) is 5.97. The number of hydrogen-bond acceptors (Lipinski definition) is 4. The predicted octanol–water partition coefficient (Wildman–Crippen LogP) is 2.11. The third kappa shape index (κ3) is 3.96. The van der Waals surface area contributed by atoms with Crippen molar-refractivity contribution in [3.63, 3.8) is 0 Å². The van der Waals surface area contributed by atoms with E-state index >= 15 is 0 Å². The first-order valence-electron chi connectivity index (χ1n) is 7.43. The van der Waals surface area contributed by atoms with Crippen LogP contribution in [0, 0.1) is 0 Å². The summed E-state index contributed by atoms with van der Waals surface area (Å²) >= 11 is 5.93. The fraction of sp³-hybridized carbons (Fsp3) is 0.562. The van der Waals surface area contributed by atoms with Crippen molar-refractivity contribution in [1.29, 1.82) is 0 Å². The van der Waals surface area contributed by atoms with Gasteiger partial charge in [0.15, 0.2) is 0 Å². The van der Waals surface area contributed by atoms with Gasteiger partial charge in [-0.1, -0.05) is 23.7 Å². The van der Waals surface area contributed by atoms with Crippen molar-refractivity contribution in [2.24, 2.45) is 0 Å². The summed E-state index contributed by atoms with van der Waals surface area (Å²) in [5.41, 5.74) is 0.458. The summed E-state index contributed by atoms with van der Waals surface area (Å²) < 4.78 is 5.33. The third-order valence-electron chi connectivity index (χ3n) is 3.99. The molecule has 0 radical (unpaired) electrons. The highest BCUT2D eigenvalue weighted by atomic mass is 35.5. The minimum absolute atomic E-state index is 0.151. The largest absolute Gasteiger partial charge is 0.465 e. The number of ether oxygens (including phenoxy) is 1. The lowest BCUT2D eigenvalue weighted by Gasteiger charge is -2.41. The summed E-state index contributed by atoms with van der Waals surface area (Å²) in [6.07, 6.45) is 0.628. The molecule has 1 aromatic rings. The van der Waals surface area contributed by atoms with Crippen molar-refractivity contribution in [2.75, 3.05) is 32.8 Å². The van der Waals surface area contributed by atoms with Crippen LogP contribution in [-0.2, 0) is 16.0 Å². The zero-order valence-electron chi connectivity index (χ0n) is 12.7. The molecular formula is C16H23ClN2O2. The Hall–Kier alpha value is -1.10. The molecule has 1 aliphatic heterocycles. The molecule has 1 heterocycles. The van der Waals surface area contributed by atoms with Gasteiger partial charge in [-0.2, -0.15) is 0 Å². The molecule has 1 atom stereocenters. The highest BCUT2D eigenvalue weighted by Crippen LogP contribution is 2.24. The van der Waals surface area contributed by atoms with Gasteiger partial charge in [0.1, 0.15) is 5.54 Å². The van der Waals surface area contributed by atoms with Gasteiger partial charge in [-0.3, -0.25) is 9.69 Å².